The van der Waals surface area contributed by atoms with Crippen molar-refractivity contribution in [2.24, 2.45) is 7.05 Å². The molecule has 1 aromatic heterocycles. The molecule has 0 unspecified atom stereocenters. The third kappa shape index (κ3) is 4.52. The van der Waals surface area contributed by atoms with Gasteiger partial charge in [-0.1, -0.05) is 23.7 Å². The second kappa shape index (κ2) is 8.28. The number of anilines is 2. The van der Waals surface area contributed by atoms with Crippen LogP contribution in [0.3, 0.4) is 0 Å². The van der Waals surface area contributed by atoms with Crippen LogP contribution in [0, 0.1) is 12.3 Å². The Hall–Kier alpha value is -3.45. The number of aromatic nitrogens is 2. The van der Waals surface area contributed by atoms with E-state index < -0.39 is 5.91 Å². The lowest BCUT2D eigenvalue weighted by molar-refractivity contribution is 0.102. The van der Waals surface area contributed by atoms with Crippen LogP contribution in [0.2, 0.25) is 5.02 Å². The van der Waals surface area contributed by atoms with Gasteiger partial charge >= 0.3 is 0 Å². The van der Waals surface area contributed by atoms with Crippen molar-refractivity contribution in [2.75, 3.05) is 10.6 Å². The molecule has 0 radical (unpaired) electrons. The molecule has 3 rings (SSSR count). The molecule has 148 valence electrons. The van der Waals surface area contributed by atoms with Gasteiger partial charge in [-0.25, -0.2) is 0 Å². The maximum Gasteiger partial charge on any atom is 0.261 e. The summed E-state index contributed by atoms with van der Waals surface area (Å²) < 4.78 is 1.43. The van der Waals surface area contributed by atoms with E-state index in [2.05, 4.69) is 15.7 Å². The maximum atomic E-state index is 12.8. The molecule has 0 aliphatic heterocycles. The van der Waals surface area contributed by atoms with E-state index in [1.807, 2.05) is 6.92 Å². The van der Waals surface area contributed by atoms with Crippen molar-refractivity contribution in [3.8, 4) is 0 Å². The van der Waals surface area contributed by atoms with Crippen LogP contribution in [-0.2, 0) is 7.05 Å². The first-order valence-corrected chi connectivity index (χ1v) is 9.20. The van der Waals surface area contributed by atoms with Crippen LogP contribution in [0.25, 0.3) is 0 Å². The molecule has 3 aromatic rings. The highest BCUT2D eigenvalue weighted by atomic mass is 35.5. The van der Waals surface area contributed by atoms with Gasteiger partial charge in [-0.15, -0.1) is 0 Å². The van der Waals surface area contributed by atoms with E-state index in [0.29, 0.717) is 22.0 Å². The van der Waals surface area contributed by atoms with E-state index >= 15 is 0 Å². The third-order valence-corrected chi connectivity index (χ3v) is 4.67. The first-order valence-electron chi connectivity index (χ1n) is 8.82. The van der Waals surface area contributed by atoms with Crippen molar-refractivity contribution >= 4 is 40.6 Å². The van der Waals surface area contributed by atoms with E-state index in [-0.39, 0.29) is 17.3 Å². The summed E-state index contributed by atoms with van der Waals surface area (Å²) in [5.41, 5.74) is 3.25. The zero-order valence-corrected chi connectivity index (χ0v) is 17.0. The van der Waals surface area contributed by atoms with E-state index in [4.69, 9.17) is 17.0 Å². The van der Waals surface area contributed by atoms with Gasteiger partial charge in [-0.3, -0.25) is 14.3 Å². The van der Waals surface area contributed by atoms with Gasteiger partial charge in [0, 0.05) is 29.0 Å². The van der Waals surface area contributed by atoms with E-state index in [1.54, 1.807) is 56.4 Å². The Kier molecular flexibility index (Phi) is 5.79. The van der Waals surface area contributed by atoms with Crippen molar-refractivity contribution in [1.29, 1.82) is 5.41 Å². The van der Waals surface area contributed by atoms with Crippen LogP contribution in [0.1, 0.15) is 38.8 Å². The molecule has 0 saturated heterocycles. The quantitative estimate of drug-likeness (QED) is 0.548. The molecule has 29 heavy (non-hydrogen) atoms. The number of rotatable bonds is 5. The molecule has 2 amide bonds. The van der Waals surface area contributed by atoms with Gasteiger partial charge in [0.05, 0.1) is 6.20 Å². The summed E-state index contributed by atoms with van der Waals surface area (Å²) in [7, 11) is 1.64. The fraction of sp³-hybridized carbons (Fsp3) is 0.143. The topological polar surface area (TPSA) is 99.9 Å². The van der Waals surface area contributed by atoms with Crippen LogP contribution in [0.4, 0.5) is 11.5 Å². The number of hydrogen-bond acceptors (Lipinski definition) is 4. The predicted octanol–water partition coefficient (Wildman–Crippen LogP) is 4.27. The SMILES string of the molecule is CC(=N)c1ccc(C(=O)Nc2c(C(=O)Nc3ccc(Cl)cc3C)cnn2C)cc1. The van der Waals surface area contributed by atoms with Gasteiger partial charge in [-0.05, 0) is 55.3 Å². The zero-order chi connectivity index (χ0) is 21.1. The molecule has 2 aromatic carbocycles. The van der Waals surface area contributed by atoms with Gasteiger partial charge in [0.1, 0.15) is 11.4 Å². The summed E-state index contributed by atoms with van der Waals surface area (Å²) in [5.74, 6) is -0.487. The highest BCUT2D eigenvalue weighted by Gasteiger charge is 2.19. The van der Waals surface area contributed by atoms with E-state index in [1.165, 1.54) is 10.9 Å². The number of benzene rings is 2. The minimum Gasteiger partial charge on any atom is -0.322 e. The van der Waals surface area contributed by atoms with Crippen molar-refractivity contribution in [2.45, 2.75) is 13.8 Å². The Morgan fingerprint density at radius 2 is 1.69 bits per heavy atom. The van der Waals surface area contributed by atoms with E-state index in [0.717, 1.165) is 11.1 Å². The fourth-order valence-electron chi connectivity index (χ4n) is 2.76. The van der Waals surface area contributed by atoms with Gasteiger partial charge in [0.25, 0.3) is 11.8 Å². The van der Waals surface area contributed by atoms with Crippen LogP contribution in [0.15, 0.2) is 48.7 Å². The van der Waals surface area contributed by atoms with Gasteiger partial charge < -0.3 is 16.0 Å². The molecule has 0 aliphatic rings. The molecule has 0 aliphatic carbocycles. The van der Waals surface area contributed by atoms with Crippen molar-refractivity contribution in [1.82, 2.24) is 9.78 Å². The molecular formula is C21H20ClN5O2. The first-order chi connectivity index (χ1) is 13.8. The van der Waals surface area contributed by atoms with Crippen molar-refractivity contribution in [3.05, 3.63) is 75.9 Å². The number of halogens is 1. The van der Waals surface area contributed by atoms with Gasteiger partial charge in [0.15, 0.2) is 0 Å². The Balaban J connectivity index is 1.80. The first kappa shape index (κ1) is 20.3. The Morgan fingerprint density at radius 1 is 1.03 bits per heavy atom. The lowest BCUT2D eigenvalue weighted by atomic mass is 10.1. The largest absolute Gasteiger partial charge is 0.322 e. The summed E-state index contributed by atoms with van der Waals surface area (Å²) in [4.78, 5) is 25.4. The zero-order valence-electron chi connectivity index (χ0n) is 16.2. The van der Waals surface area contributed by atoms with E-state index in [9.17, 15) is 9.59 Å². The monoisotopic (exact) mass is 409 g/mol. The van der Waals surface area contributed by atoms with Crippen LogP contribution < -0.4 is 10.6 Å². The summed E-state index contributed by atoms with van der Waals surface area (Å²) >= 11 is 5.96. The predicted molar refractivity (Wildman–Crippen MR) is 114 cm³/mol. The van der Waals surface area contributed by atoms with Crippen molar-refractivity contribution in [3.63, 3.8) is 0 Å². The average molecular weight is 410 g/mol. The van der Waals surface area contributed by atoms with Gasteiger partial charge in [-0.2, -0.15) is 5.10 Å². The highest BCUT2D eigenvalue weighted by Crippen LogP contribution is 2.22. The molecule has 0 atom stereocenters. The van der Waals surface area contributed by atoms with Crippen LogP contribution in [0.5, 0.6) is 0 Å². The number of amides is 2. The van der Waals surface area contributed by atoms with Crippen LogP contribution in [-0.4, -0.2) is 27.3 Å². The summed E-state index contributed by atoms with van der Waals surface area (Å²) in [5, 5.41) is 17.9. The number of aryl methyl sites for hydroxylation is 2. The average Bonchev–Trinajstić information content (AvgIpc) is 3.04. The number of carbonyl (C=O) groups is 2. The van der Waals surface area contributed by atoms with Gasteiger partial charge in [0.2, 0.25) is 0 Å². The summed E-state index contributed by atoms with van der Waals surface area (Å²) in [6.45, 7) is 3.52. The molecule has 7 nitrogen and oxygen atoms in total. The smallest absolute Gasteiger partial charge is 0.261 e. The minimum atomic E-state index is -0.395. The second-order valence-corrected chi connectivity index (χ2v) is 7.04. The maximum absolute atomic E-state index is 12.8. The molecular weight excluding hydrogens is 390 g/mol. The Labute approximate surface area is 173 Å². The number of nitrogens with one attached hydrogen (secondary N) is 3. The molecule has 3 N–H and O–H groups in total. The minimum absolute atomic E-state index is 0.238. The normalized spacial score (nSPS) is 10.5. The third-order valence-electron chi connectivity index (χ3n) is 4.43. The Morgan fingerprint density at radius 3 is 2.31 bits per heavy atom. The molecule has 0 bridgehead atoms. The fourth-order valence-corrected chi connectivity index (χ4v) is 2.99. The molecule has 0 spiro atoms. The highest BCUT2D eigenvalue weighted by molar-refractivity contribution is 6.30. The molecule has 8 heteroatoms. The van der Waals surface area contributed by atoms with Crippen molar-refractivity contribution < 1.29 is 9.59 Å². The number of nitrogens with zero attached hydrogens (tertiary/aromatic N) is 2. The lowest BCUT2D eigenvalue weighted by Crippen LogP contribution is -2.19. The standard InChI is InChI=1S/C21H20ClN5O2/c1-12-10-16(22)8-9-18(12)25-21(29)17-11-24-27(3)19(17)26-20(28)15-6-4-14(5-7-15)13(2)23/h4-11,23H,1-3H3,(H,25,29)(H,26,28). The lowest BCUT2D eigenvalue weighted by Gasteiger charge is -2.11. The summed E-state index contributed by atoms with van der Waals surface area (Å²) in [6.07, 6.45) is 1.40. The Bertz CT molecular complexity index is 1100. The number of hydrogen-bond donors (Lipinski definition) is 3. The summed E-state index contributed by atoms with van der Waals surface area (Å²) in [6, 6.07) is 11.8. The molecule has 1 heterocycles. The molecule has 0 saturated carbocycles. The van der Waals surface area contributed by atoms with Crippen LogP contribution >= 0.6 is 11.6 Å². The number of carbonyl (C=O) groups excluding carboxylic acids is 2. The second-order valence-electron chi connectivity index (χ2n) is 6.60. The molecule has 0 fully saturated rings.